The van der Waals surface area contributed by atoms with E-state index in [2.05, 4.69) is 26.2 Å². The quantitative estimate of drug-likeness (QED) is 0.360. The van der Waals surface area contributed by atoms with Crippen LogP contribution in [-0.4, -0.2) is 20.6 Å². The summed E-state index contributed by atoms with van der Waals surface area (Å²) in [6, 6.07) is 14.7. The lowest BCUT2D eigenvalue weighted by Crippen LogP contribution is -2.30. The first-order valence-corrected chi connectivity index (χ1v) is 11.5. The minimum absolute atomic E-state index is 0.268. The van der Waals surface area contributed by atoms with Crippen molar-refractivity contribution in [2.75, 3.05) is 5.32 Å². The molecule has 0 spiro atoms. The Labute approximate surface area is 191 Å². The smallest absolute Gasteiger partial charge is 0.267 e. The molecule has 2 aromatic carbocycles. The highest BCUT2D eigenvalue weighted by Crippen LogP contribution is 2.29. The van der Waals surface area contributed by atoms with E-state index in [1.165, 1.54) is 11.3 Å². The van der Waals surface area contributed by atoms with Crippen LogP contribution in [0.25, 0.3) is 22.2 Å². The van der Waals surface area contributed by atoms with Crippen LogP contribution >= 0.6 is 27.3 Å². The standard InChI is InChI=1S/C23H20BrN3O3S/c1-2-3-12-27-18-7-5-4-6-16(18)20(28)19(22(27)30)21(29)26-23-25-17(13-31-23)14-8-10-15(24)11-9-14/h4-11,13,28H,2-3,12H2,1H3,(H,25,26,29). The molecule has 8 heteroatoms. The summed E-state index contributed by atoms with van der Waals surface area (Å²) in [5.74, 6) is -0.981. The van der Waals surface area contributed by atoms with Crippen LogP contribution in [0.3, 0.4) is 0 Å². The van der Waals surface area contributed by atoms with E-state index in [1.807, 2.05) is 42.6 Å². The topological polar surface area (TPSA) is 84.2 Å². The Hall–Kier alpha value is -2.97. The van der Waals surface area contributed by atoms with Crippen molar-refractivity contribution in [1.29, 1.82) is 0 Å². The van der Waals surface area contributed by atoms with E-state index in [-0.39, 0.29) is 11.3 Å². The van der Waals surface area contributed by atoms with Crippen LogP contribution in [-0.2, 0) is 6.54 Å². The number of hydrogen-bond acceptors (Lipinski definition) is 5. The first kappa shape index (κ1) is 21.3. The van der Waals surface area contributed by atoms with E-state index in [0.29, 0.717) is 22.6 Å². The second-order valence-electron chi connectivity index (χ2n) is 7.05. The molecule has 0 saturated carbocycles. The average molecular weight is 498 g/mol. The van der Waals surface area contributed by atoms with Crippen molar-refractivity contribution >= 4 is 49.2 Å². The van der Waals surface area contributed by atoms with Gasteiger partial charge in [-0.05, 0) is 30.7 Å². The predicted molar refractivity (Wildman–Crippen MR) is 128 cm³/mol. The highest BCUT2D eigenvalue weighted by molar-refractivity contribution is 9.10. The maximum absolute atomic E-state index is 13.1. The van der Waals surface area contributed by atoms with E-state index in [1.54, 1.807) is 22.8 Å². The van der Waals surface area contributed by atoms with Crippen molar-refractivity contribution in [3.63, 3.8) is 0 Å². The molecule has 0 bridgehead atoms. The molecule has 0 aliphatic heterocycles. The van der Waals surface area contributed by atoms with Crippen LogP contribution in [0.15, 0.2) is 63.2 Å². The van der Waals surface area contributed by atoms with Crippen LogP contribution in [0.4, 0.5) is 5.13 Å². The van der Waals surface area contributed by atoms with E-state index in [4.69, 9.17) is 0 Å². The van der Waals surface area contributed by atoms with Gasteiger partial charge < -0.3 is 9.67 Å². The fourth-order valence-corrected chi connectivity index (χ4v) is 4.36. The van der Waals surface area contributed by atoms with Gasteiger partial charge in [-0.2, -0.15) is 0 Å². The lowest BCUT2D eigenvalue weighted by molar-refractivity contribution is 0.102. The molecule has 0 aliphatic carbocycles. The van der Waals surface area contributed by atoms with Gasteiger partial charge in [-0.3, -0.25) is 14.9 Å². The van der Waals surface area contributed by atoms with Gasteiger partial charge in [0.15, 0.2) is 5.13 Å². The molecule has 0 aliphatic rings. The number of para-hydroxylation sites is 1. The Morgan fingerprint density at radius 3 is 2.68 bits per heavy atom. The third-order valence-corrected chi connectivity index (χ3v) is 6.26. The van der Waals surface area contributed by atoms with Gasteiger partial charge in [0.05, 0.1) is 11.2 Å². The average Bonchev–Trinajstić information content (AvgIpc) is 3.22. The molecule has 0 fully saturated rings. The van der Waals surface area contributed by atoms with Gasteiger partial charge in [-0.1, -0.05) is 53.5 Å². The Morgan fingerprint density at radius 2 is 1.94 bits per heavy atom. The number of carbonyl (C=O) groups is 1. The van der Waals surface area contributed by atoms with Crippen molar-refractivity contribution in [2.45, 2.75) is 26.3 Å². The van der Waals surface area contributed by atoms with E-state index < -0.39 is 11.5 Å². The lowest BCUT2D eigenvalue weighted by Gasteiger charge is -2.14. The van der Waals surface area contributed by atoms with E-state index in [0.717, 1.165) is 28.6 Å². The molecule has 2 heterocycles. The molecule has 6 nitrogen and oxygen atoms in total. The summed E-state index contributed by atoms with van der Waals surface area (Å²) >= 11 is 4.66. The van der Waals surface area contributed by atoms with Gasteiger partial charge in [0.25, 0.3) is 11.5 Å². The number of hydrogen-bond donors (Lipinski definition) is 2. The number of rotatable bonds is 6. The molecule has 0 unspecified atom stereocenters. The molecule has 0 saturated heterocycles. The highest BCUT2D eigenvalue weighted by Gasteiger charge is 2.23. The van der Waals surface area contributed by atoms with Gasteiger partial charge in [-0.15, -0.1) is 11.3 Å². The van der Waals surface area contributed by atoms with Crippen molar-refractivity contribution in [1.82, 2.24) is 9.55 Å². The molecule has 0 radical (unpaired) electrons. The van der Waals surface area contributed by atoms with E-state index >= 15 is 0 Å². The van der Waals surface area contributed by atoms with Crippen molar-refractivity contribution < 1.29 is 9.90 Å². The van der Waals surface area contributed by atoms with Gasteiger partial charge in [-0.25, -0.2) is 4.98 Å². The summed E-state index contributed by atoms with van der Waals surface area (Å²) in [7, 11) is 0. The summed E-state index contributed by atoms with van der Waals surface area (Å²) in [5.41, 5.74) is 1.47. The highest BCUT2D eigenvalue weighted by atomic mass is 79.9. The zero-order chi connectivity index (χ0) is 22.0. The predicted octanol–water partition coefficient (Wildman–Crippen LogP) is 5.65. The second-order valence-corrected chi connectivity index (χ2v) is 8.82. The molecule has 2 aromatic heterocycles. The van der Waals surface area contributed by atoms with Crippen LogP contribution in [0.2, 0.25) is 0 Å². The number of fused-ring (bicyclic) bond motifs is 1. The Morgan fingerprint density at radius 1 is 1.19 bits per heavy atom. The zero-order valence-electron chi connectivity index (χ0n) is 16.8. The van der Waals surface area contributed by atoms with Gasteiger partial charge >= 0.3 is 0 Å². The molecule has 31 heavy (non-hydrogen) atoms. The zero-order valence-corrected chi connectivity index (χ0v) is 19.2. The van der Waals surface area contributed by atoms with Gasteiger partial charge in [0.2, 0.25) is 0 Å². The number of nitrogens with one attached hydrogen (secondary N) is 1. The number of carbonyl (C=O) groups excluding carboxylic acids is 1. The lowest BCUT2D eigenvalue weighted by atomic mass is 10.1. The number of unbranched alkanes of at least 4 members (excludes halogenated alkanes) is 1. The fraction of sp³-hybridized carbons (Fsp3) is 0.174. The largest absolute Gasteiger partial charge is 0.506 e. The SMILES string of the molecule is CCCCn1c(=O)c(C(=O)Nc2nc(-c3ccc(Br)cc3)cs2)c(O)c2ccccc21. The minimum atomic E-state index is -0.671. The second kappa shape index (κ2) is 9.03. The molecule has 1 amide bonds. The maximum atomic E-state index is 13.1. The van der Waals surface area contributed by atoms with Crippen molar-refractivity contribution in [2.24, 2.45) is 0 Å². The summed E-state index contributed by atoms with van der Waals surface area (Å²) in [5, 5.41) is 16.1. The first-order chi connectivity index (χ1) is 15.0. The number of pyridine rings is 1. The monoisotopic (exact) mass is 497 g/mol. The Kier molecular flexibility index (Phi) is 6.20. The molecule has 158 valence electrons. The van der Waals surface area contributed by atoms with Crippen LogP contribution in [0.1, 0.15) is 30.1 Å². The molecular weight excluding hydrogens is 478 g/mol. The summed E-state index contributed by atoms with van der Waals surface area (Å²) < 4.78 is 2.52. The van der Waals surface area contributed by atoms with E-state index in [9.17, 15) is 14.7 Å². The number of amides is 1. The third-order valence-electron chi connectivity index (χ3n) is 4.97. The number of aromatic nitrogens is 2. The maximum Gasteiger partial charge on any atom is 0.267 e. The number of aryl methyl sites for hydroxylation is 1. The molecular formula is C23H20BrN3O3S. The fourth-order valence-electron chi connectivity index (χ4n) is 3.38. The summed E-state index contributed by atoms with van der Waals surface area (Å²) in [6.45, 7) is 2.51. The van der Waals surface area contributed by atoms with Crippen molar-refractivity contribution in [3.8, 4) is 17.0 Å². The van der Waals surface area contributed by atoms with Crippen LogP contribution < -0.4 is 10.9 Å². The number of nitrogens with zero attached hydrogens (tertiary/aromatic N) is 2. The number of halogens is 1. The normalized spacial score (nSPS) is 11.0. The summed E-state index contributed by atoms with van der Waals surface area (Å²) in [4.78, 5) is 30.6. The number of aromatic hydroxyl groups is 1. The van der Waals surface area contributed by atoms with Gasteiger partial charge in [0, 0.05) is 27.3 Å². The Bertz CT molecular complexity index is 1310. The number of anilines is 1. The number of benzene rings is 2. The van der Waals surface area contributed by atoms with Crippen molar-refractivity contribution in [3.05, 3.63) is 74.3 Å². The minimum Gasteiger partial charge on any atom is -0.506 e. The molecule has 2 N–H and O–H groups in total. The first-order valence-electron chi connectivity index (χ1n) is 9.87. The molecule has 4 rings (SSSR count). The molecule has 0 atom stereocenters. The van der Waals surface area contributed by atoms with Crippen LogP contribution in [0, 0.1) is 0 Å². The Balaban J connectivity index is 1.70. The number of thiazole rings is 1. The molecule has 4 aromatic rings. The van der Waals surface area contributed by atoms with Gasteiger partial charge in [0.1, 0.15) is 11.3 Å². The third kappa shape index (κ3) is 4.26. The summed E-state index contributed by atoms with van der Waals surface area (Å²) in [6.07, 6.45) is 1.69. The van der Waals surface area contributed by atoms with Crippen LogP contribution in [0.5, 0.6) is 5.75 Å².